The lowest BCUT2D eigenvalue weighted by Crippen LogP contribution is -1.97. The van der Waals surface area contributed by atoms with E-state index in [0.717, 1.165) is 11.5 Å². The van der Waals surface area contributed by atoms with Crippen LogP contribution in [0, 0.1) is 0 Å². The van der Waals surface area contributed by atoms with Crippen LogP contribution in [0.2, 0.25) is 0 Å². The maximum Gasteiger partial charge on any atom is 0.152 e. The van der Waals surface area contributed by atoms with Crippen LogP contribution in [0.1, 0.15) is 0 Å². The van der Waals surface area contributed by atoms with Crippen LogP contribution in [0.3, 0.4) is 0 Å². The van der Waals surface area contributed by atoms with Gasteiger partial charge in [-0.15, -0.1) is 0 Å². The Morgan fingerprint density at radius 2 is 2.00 bits per heavy atom. The van der Waals surface area contributed by atoms with Crippen molar-refractivity contribution in [3.05, 3.63) is 30.5 Å². The van der Waals surface area contributed by atoms with Crippen LogP contribution in [-0.4, -0.2) is 9.78 Å². The Morgan fingerprint density at radius 1 is 1.20 bits per heavy atom. The highest BCUT2D eigenvalue weighted by Gasteiger charge is 1.99. The highest BCUT2D eigenvalue weighted by Crippen LogP contribution is 2.21. The Labute approximate surface area is 87.7 Å². The van der Waals surface area contributed by atoms with Crippen LogP contribution < -0.4 is 16.8 Å². The molecule has 0 amide bonds. The summed E-state index contributed by atoms with van der Waals surface area (Å²) in [5.74, 6) is 0.779. The van der Waals surface area contributed by atoms with Crippen LogP contribution in [0.15, 0.2) is 30.5 Å². The molecule has 2 aromatic rings. The summed E-state index contributed by atoms with van der Waals surface area (Å²) >= 11 is 0. The summed E-state index contributed by atoms with van der Waals surface area (Å²) in [5, 5.41) is 7.32. The first-order chi connectivity index (χ1) is 7.15. The lowest BCUT2D eigenvalue weighted by Gasteiger charge is -2.05. The van der Waals surface area contributed by atoms with E-state index in [9.17, 15) is 0 Å². The predicted molar refractivity (Wildman–Crippen MR) is 61.8 cm³/mol. The number of rotatable bonds is 2. The molecule has 0 aliphatic carbocycles. The summed E-state index contributed by atoms with van der Waals surface area (Å²) in [6.07, 6.45) is 1.86. The minimum Gasteiger partial charge on any atom is -0.397 e. The van der Waals surface area contributed by atoms with Crippen molar-refractivity contribution in [3.63, 3.8) is 0 Å². The third-order valence-corrected chi connectivity index (χ3v) is 2.07. The zero-order valence-electron chi connectivity index (χ0n) is 8.44. The second-order valence-electron chi connectivity index (χ2n) is 3.34. The number of benzene rings is 1. The van der Waals surface area contributed by atoms with Gasteiger partial charge in [0.05, 0.1) is 11.4 Å². The van der Waals surface area contributed by atoms with Gasteiger partial charge in [0, 0.05) is 25.0 Å². The second kappa shape index (κ2) is 3.53. The molecule has 0 unspecified atom stereocenters. The maximum absolute atomic E-state index is 5.69. The lowest BCUT2D eigenvalue weighted by atomic mass is 10.2. The number of nitrogens with two attached hydrogens (primary N) is 2. The summed E-state index contributed by atoms with van der Waals surface area (Å²) in [7, 11) is 1.86. The molecule has 5 nitrogen and oxygen atoms in total. The van der Waals surface area contributed by atoms with E-state index in [1.54, 1.807) is 16.8 Å². The van der Waals surface area contributed by atoms with Gasteiger partial charge >= 0.3 is 0 Å². The summed E-state index contributed by atoms with van der Waals surface area (Å²) in [4.78, 5) is 0. The molecule has 15 heavy (non-hydrogen) atoms. The van der Waals surface area contributed by atoms with Crippen molar-refractivity contribution in [1.29, 1.82) is 0 Å². The van der Waals surface area contributed by atoms with Crippen molar-refractivity contribution in [2.45, 2.75) is 0 Å². The average molecular weight is 203 g/mol. The molecule has 0 saturated heterocycles. The van der Waals surface area contributed by atoms with Crippen LogP contribution in [0.5, 0.6) is 0 Å². The highest BCUT2D eigenvalue weighted by atomic mass is 15.3. The number of hydrogen-bond donors (Lipinski definition) is 3. The molecule has 0 bridgehead atoms. The van der Waals surface area contributed by atoms with Crippen molar-refractivity contribution in [2.24, 2.45) is 7.05 Å². The molecular formula is C10H13N5. The minimum absolute atomic E-state index is 0.566. The number of nitrogens with zero attached hydrogens (tertiary/aromatic N) is 2. The van der Waals surface area contributed by atoms with Crippen LogP contribution in [0.4, 0.5) is 22.9 Å². The molecule has 5 heteroatoms. The number of nitrogens with one attached hydrogen (secondary N) is 1. The van der Waals surface area contributed by atoms with Crippen LogP contribution in [-0.2, 0) is 7.05 Å². The van der Waals surface area contributed by atoms with Crippen molar-refractivity contribution in [3.8, 4) is 0 Å². The molecule has 0 spiro atoms. The molecule has 0 aliphatic heterocycles. The van der Waals surface area contributed by atoms with Crippen molar-refractivity contribution < 1.29 is 0 Å². The molecule has 5 N–H and O–H groups in total. The Bertz CT molecular complexity index is 474. The van der Waals surface area contributed by atoms with Crippen LogP contribution in [0.25, 0.3) is 0 Å². The number of anilines is 4. The van der Waals surface area contributed by atoms with E-state index in [4.69, 9.17) is 11.5 Å². The van der Waals surface area contributed by atoms with Gasteiger partial charge in [0.25, 0.3) is 0 Å². The quantitative estimate of drug-likeness (QED) is 0.643. The highest BCUT2D eigenvalue weighted by molar-refractivity contribution is 5.71. The summed E-state index contributed by atoms with van der Waals surface area (Å²) < 4.78 is 1.73. The van der Waals surface area contributed by atoms with Gasteiger partial charge in [0.2, 0.25) is 0 Å². The average Bonchev–Trinajstić information content (AvgIpc) is 2.58. The molecule has 0 atom stereocenters. The predicted octanol–water partition coefficient (Wildman–Crippen LogP) is 1.33. The van der Waals surface area contributed by atoms with Gasteiger partial charge in [-0.3, -0.25) is 4.68 Å². The largest absolute Gasteiger partial charge is 0.397 e. The Kier molecular flexibility index (Phi) is 2.21. The van der Waals surface area contributed by atoms with Gasteiger partial charge in [0.15, 0.2) is 5.82 Å². The Hall–Kier alpha value is -2.17. The minimum atomic E-state index is 0.566. The molecule has 0 saturated carbocycles. The topological polar surface area (TPSA) is 81.9 Å². The zero-order valence-corrected chi connectivity index (χ0v) is 8.44. The molecule has 78 valence electrons. The van der Waals surface area contributed by atoms with E-state index < -0.39 is 0 Å². The number of aryl methyl sites for hydroxylation is 1. The fourth-order valence-corrected chi connectivity index (χ4v) is 1.28. The normalized spacial score (nSPS) is 10.2. The van der Waals surface area contributed by atoms with Crippen molar-refractivity contribution >= 4 is 22.9 Å². The molecule has 0 radical (unpaired) electrons. The van der Waals surface area contributed by atoms with E-state index in [1.807, 2.05) is 25.4 Å². The number of hydrogen-bond acceptors (Lipinski definition) is 4. The fourth-order valence-electron chi connectivity index (χ4n) is 1.28. The van der Waals surface area contributed by atoms with Crippen molar-refractivity contribution in [1.82, 2.24) is 9.78 Å². The first kappa shape index (κ1) is 9.39. The van der Waals surface area contributed by atoms with E-state index in [2.05, 4.69) is 10.4 Å². The van der Waals surface area contributed by atoms with E-state index in [0.29, 0.717) is 11.4 Å². The second-order valence-corrected chi connectivity index (χ2v) is 3.34. The molecule has 1 aromatic heterocycles. The first-order valence-corrected chi connectivity index (χ1v) is 4.57. The SMILES string of the molecule is Cn1ccc(Nc2ccc(N)c(N)c2)n1. The molecule has 2 rings (SSSR count). The van der Waals surface area contributed by atoms with Gasteiger partial charge in [-0.05, 0) is 18.2 Å². The summed E-state index contributed by atoms with van der Waals surface area (Å²) in [5.41, 5.74) is 13.3. The van der Waals surface area contributed by atoms with Gasteiger partial charge in [-0.1, -0.05) is 0 Å². The van der Waals surface area contributed by atoms with Gasteiger partial charge < -0.3 is 16.8 Å². The fraction of sp³-hybridized carbons (Fsp3) is 0.100. The maximum atomic E-state index is 5.69. The van der Waals surface area contributed by atoms with Crippen molar-refractivity contribution in [2.75, 3.05) is 16.8 Å². The zero-order chi connectivity index (χ0) is 10.8. The third-order valence-electron chi connectivity index (χ3n) is 2.07. The standard InChI is InChI=1S/C10H13N5/c1-15-5-4-10(14-15)13-7-2-3-8(11)9(12)6-7/h2-6H,11-12H2,1H3,(H,13,14). The van der Waals surface area contributed by atoms with Gasteiger partial charge in [-0.2, -0.15) is 5.10 Å². The lowest BCUT2D eigenvalue weighted by molar-refractivity contribution is 0.771. The molecule has 1 aromatic carbocycles. The Morgan fingerprint density at radius 3 is 2.60 bits per heavy atom. The summed E-state index contributed by atoms with van der Waals surface area (Å²) in [6, 6.07) is 7.29. The number of aromatic nitrogens is 2. The van der Waals surface area contributed by atoms with E-state index in [1.165, 1.54) is 0 Å². The number of nitrogen functional groups attached to an aromatic ring is 2. The monoisotopic (exact) mass is 203 g/mol. The smallest absolute Gasteiger partial charge is 0.152 e. The molecule has 1 heterocycles. The third kappa shape index (κ3) is 2.01. The van der Waals surface area contributed by atoms with Gasteiger partial charge in [-0.25, -0.2) is 0 Å². The molecule has 0 aliphatic rings. The first-order valence-electron chi connectivity index (χ1n) is 4.57. The van der Waals surface area contributed by atoms with Crippen LogP contribution >= 0.6 is 0 Å². The van der Waals surface area contributed by atoms with E-state index >= 15 is 0 Å². The molecular weight excluding hydrogens is 190 g/mol. The van der Waals surface area contributed by atoms with E-state index in [-0.39, 0.29) is 0 Å². The Balaban J connectivity index is 2.21. The summed E-state index contributed by atoms with van der Waals surface area (Å²) in [6.45, 7) is 0. The molecule has 0 fully saturated rings. The van der Waals surface area contributed by atoms with Gasteiger partial charge in [0.1, 0.15) is 0 Å².